The van der Waals surface area contributed by atoms with Crippen LogP contribution in [0.3, 0.4) is 0 Å². The van der Waals surface area contributed by atoms with E-state index in [2.05, 4.69) is 39.2 Å². The van der Waals surface area contributed by atoms with Crippen molar-refractivity contribution in [1.82, 2.24) is 14.8 Å². The van der Waals surface area contributed by atoms with Crippen LogP contribution < -0.4 is 5.32 Å². The van der Waals surface area contributed by atoms with Crippen molar-refractivity contribution in [1.29, 1.82) is 0 Å². The summed E-state index contributed by atoms with van der Waals surface area (Å²) in [6, 6.07) is 12.0. The van der Waals surface area contributed by atoms with Gasteiger partial charge < -0.3 is 5.32 Å². The highest BCUT2D eigenvalue weighted by Crippen LogP contribution is 2.18. The smallest absolute Gasteiger partial charge is 0.238 e. The highest BCUT2D eigenvalue weighted by atomic mass is 16.2. The normalized spacial score (nSPS) is 15.9. The van der Waals surface area contributed by atoms with Crippen LogP contribution in [0.4, 0.5) is 5.69 Å². The van der Waals surface area contributed by atoms with E-state index in [1.165, 1.54) is 5.56 Å². The molecule has 5 nitrogen and oxygen atoms in total. The predicted octanol–water partition coefficient (Wildman–Crippen LogP) is 2.45. The number of amides is 1. The van der Waals surface area contributed by atoms with Gasteiger partial charge in [0, 0.05) is 44.6 Å². The standard InChI is InChI=1S/C20H26N4O/c1-16-6-5-8-19(17(16)2)22-20(25)15-24-12-10-23(11-13-24)14-18-7-3-4-9-21-18/h3-9H,10-15H2,1-2H3,(H,22,25). The molecule has 1 fully saturated rings. The molecule has 1 N–H and O–H groups in total. The molecule has 0 spiro atoms. The molecule has 2 aromatic rings. The Morgan fingerprint density at radius 2 is 1.80 bits per heavy atom. The van der Waals surface area contributed by atoms with Crippen LogP contribution in [0.1, 0.15) is 16.8 Å². The van der Waals surface area contributed by atoms with Gasteiger partial charge in [-0.1, -0.05) is 18.2 Å². The van der Waals surface area contributed by atoms with Gasteiger partial charge in [-0.3, -0.25) is 19.6 Å². The Bertz CT molecular complexity index is 709. The maximum absolute atomic E-state index is 12.3. The van der Waals surface area contributed by atoms with Gasteiger partial charge in [0.1, 0.15) is 0 Å². The van der Waals surface area contributed by atoms with E-state index in [1.54, 1.807) is 0 Å². The molecular formula is C20H26N4O. The Labute approximate surface area is 149 Å². The predicted molar refractivity (Wildman–Crippen MR) is 100 cm³/mol. The monoisotopic (exact) mass is 338 g/mol. The fourth-order valence-electron chi connectivity index (χ4n) is 3.11. The van der Waals surface area contributed by atoms with Crippen molar-refractivity contribution in [3.05, 3.63) is 59.4 Å². The maximum Gasteiger partial charge on any atom is 0.238 e. The number of piperazine rings is 1. The summed E-state index contributed by atoms with van der Waals surface area (Å²) in [5, 5.41) is 3.05. The lowest BCUT2D eigenvalue weighted by Gasteiger charge is -2.34. The molecule has 0 radical (unpaired) electrons. The quantitative estimate of drug-likeness (QED) is 0.910. The zero-order chi connectivity index (χ0) is 17.6. The SMILES string of the molecule is Cc1cccc(NC(=O)CN2CCN(Cc3ccccn3)CC2)c1C. The molecule has 2 heterocycles. The van der Waals surface area contributed by atoms with Gasteiger partial charge in [-0.25, -0.2) is 0 Å². The van der Waals surface area contributed by atoms with Crippen molar-refractivity contribution < 1.29 is 4.79 Å². The number of rotatable bonds is 5. The molecule has 0 aliphatic carbocycles. The van der Waals surface area contributed by atoms with Gasteiger partial charge in [-0.15, -0.1) is 0 Å². The Morgan fingerprint density at radius 1 is 1.04 bits per heavy atom. The minimum atomic E-state index is 0.0619. The Balaban J connectivity index is 1.45. The molecule has 1 aliphatic heterocycles. The molecule has 25 heavy (non-hydrogen) atoms. The van der Waals surface area contributed by atoms with Gasteiger partial charge in [-0.05, 0) is 43.2 Å². The molecule has 0 unspecified atom stereocenters. The van der Waals surface area contributed by atoms with Crippen molar-refractivity contribution >= 4 is 11.6 Å². The number of aryl methyl sites for hydroxylation is 1. The summed E-state index contributed by atoms with van der Waals surface area (Å²) in [4.78, 5) is 21.3. The van der Waals surface area contributed by atoms with Crippen molar-refractivity contribution in [2.45, 2.75) is 20.4 Å². The second kappa shape index (κ2) is 8.23. The molecule has 0 bridgehead atoms. The van der Waals surface area contributed by atoms with Gasteiger partial charge in [0.2, 0.25) is 5.91 Å². The number of hydrogen-bond acceptors (Lipinski definition) is 4. The fourth-order valence-corrected chi connectivity index (χ4v) is 3.11. The summed E-state index contributed by atoms with van der Waals surface area (Å²) in [5.74, 6) is 0.0619. The first-order valence-corrected chi connectivity index (χ1v) is 8.82. The molecule has 3 rings (SSSR count). The molecule has 1 aliphatic rings. The molecule has 1 aromatic heterocycles. The van der Waals surface area contributed by atoms with E-state index in [9.17, 15) is 4.79 Å². The molecular weight excluding hydrogens is 312 g/mol. The summed E-state index contributed by atoms with van der Waals surface area (Å²) < 4.78 is 0. The van der Waals surface area contributed by atoms with Crippen LogP contribution in [0.25, 0.3) is 0 Å². The Hall–Kier alpha value is -2.24. The largest absolute Gasteiger partial charge is 0.325 e. The van der Waals surface area contributed by atoms with E-state index < -0.39 is 0 Å². The molecule has 5 heteroatoms. The highest BCUT2D eigenvalue weighted by molar-refractivity contribution is 5.93. The van der Waals surface area contributed by atoms with Gasteiger partial charge in [-0.2, -0.15) is 0 Å². The summed E-state index contributed by atoms with van der Waals surface area (Å²) in [6.45, 7) is 9.18. The summed E-state index contributed by atoms with van der Waals surface area (Å²) >= 11 is 0. The van der Waals surface area contributed by atoms with Crippen LogP contribution in [0.2, 0.25) is 0 Å². The summed E-state index contributed by atoms with van der Waals surface area (Å²) in [6.07, 6.45) is 1.84. The third kappa shape index (κ3) is 4.87. The average molecular weight is 338 g/mol. The molecule has 132 valence electrons. The number of carbonyl (C=O) groups is 1. The number of pyridine rings is 1. The van der Waals surface area contributed by atoms with E-state index >= 15 is 0 Å². The van der Waals surface area contributed by atoms with Gasteiger partial charge in [0.15, 0.2) is 0 Å². The summed E-state index contributed by atoms with van der Waals surface area (Å²) in [5.41, 5.74) is 4.35. The van der Waals surface area contributed by atoms with Gasteiger partial charge in [0.05, 0.1) is 12.2 Å². The fraction of sp³-hybridized carbons (Fsp3) is 0.400. The molecule has 0 saturated carbocycles. The third-order valence-corrected chi connectivity index (χ3v) is 4.82. The molecule has 0 atom stereocenters. The van der Waals surface area contributed by atoms with E-state index in [0.29, 0.717) is 6.54 Å². The first kappa shape index (κ1) is 17.6. The van der Waals surface area contributed by atoms with Crippen molar-refractivity contribution in [3.63, 3.8) is 0 Å². The maximum atomic E-state index is 12.3. The minimum Gasteiger partial charge on any atom is -0.325 e. The van der Waals surface area contributed by atoms with Crippen molar-refractivity contribution in [3.8, 4) is 0 Å². The zero-order valence-electron chi connectivity index (χ0n) is 15.0. The number of nitrogens with one attached hydrogen (secondary N) is 1. The van der Waals surface area contributed by atoms with Gasteiger partial charge in [0.25, 0.3) is 0 Å². The number of nitrogens with zero attached hydrogens (tertiary/aromatic N) is 3. The lowest BCUT2D eigenvalue weighted by Crippen LogP contribution is -2.48. The summed E-state index contributed by atoms with van der Waals surface area (Å²) in [7, 11) is 0. The van der Waals surface area contributed by atoms with E-state index in [-0.39, 0.29) is 5.91 Å². The van der Waals surface area contributed by atoms with Crippen molar-refractivity contribution in [2.24, 2.45) is 0 Å². The lowest BCUT2D eigenvalue weighted by molar-refractivity contribution is -0.117. The van der Waals surface area contributed by atoms with Crippen LogP contribution in [-0.4, -0.2) is 53.4 Å². The topological polar surface area (TPSA) is 48.5 Å². The molecule has 1 aromatic carbocycles. The number of hydrogen-bond donors (Lipinski definition) is 1. The second-order valence-electron chi connectivity index (χ2n) is 6.67. The second-order valence-corrected chi connectivity index (χ2v) is 6.67. The van der Waals surface area contributed by atoms with Crippen LogP contribution in [-0.2, 0) is 11.3 Å². The van der Waals surface area contributed by atoms with Crippen molar-refractivity contribution in [2.75, 3.05) is 38.0 Å². The first-order valence-electron chi connectivity index (χ1n) is 8.82. The number of benzene rings is 1. The van der Waals surface area contributed by atoms with E-state index in [0.717, 1.165) is 49.7 Å². The number of carbonyl (C=O) groups excluding carboxylic acids is 1. The van der Waals surface area contributed by atoms with Gasteiger partial charge >= 0.3 is 0 Å². The molecule has 1 saturated heterocycles. The average Bonchev–Trinajstić information content (AvgIpc) is 2.62. The minimum absolute atomic E-state index is 0.0619. The van der Waals surface area contributed by atoms with Crippen LogP contribution >= 0.6 is 0 Å². The Morgan fingerprint density at radius 3 is 2.52 bits per heavy atom. The molecule has 1 amide bonds. The van der Waals surface area contributed by atoms with E-state index in [1.807, 2.05) is 37.4 Å². The first-order chi connectivity index (χ1) is 12.1. The number of anilines is 1. The highest BCUT2D eigenvalue weighted by Gasteiger charge is 2.19. The third-order valence-electron chi connectivity index (χ3n) is 4.82. The Kier molecular flexibility index (Phi) is 5.79. The lowest BCUT2D eigenvalue weighted by atomic mass is 10.1. The van der Waals surface area contributed by atoms with Crippen LogP contribution in [0, 0.1) is 13.8 Å². The van der Waals surface area contributed by atoms with Crippen LogP contribution in [0.15, 0.2) is 42.6 Å². The van der Waals surface area contributed by atoms with E-state index in [4.69, 9.17) is 0 Å². The zero-order valence-corrected chi connectivity index (χ0v) is 15.0. The van der Waals surface area contributed by atoms with Crippen LogP contribution in [0.5, 0.6) is 0 Å². The number of aromatic nitrogens is 1.